The molecule has 8 nitrogen and oxygen atoms in total. The summed E-state index contributed by atoms with van der Waals surface area (Å²) in [7, 11) is 5.17. The van der Waals surface area contributed by atoms with E-state index in [0.717, 1.165) is 60.3 Å². The second-order valence-electron chi connectivity index (χ2n) is 7.98. The van der Waals surface area contributed by atoms with Gasteiger partial charge in [-0.2, -0.15) is 5.10 Å². The second-order valence-corrected chi connectivity index (χ2v) is 7.98. The maximum atomic E-state index is 5.42. The molecule has 1 saturated heterocycles. The van der Waals surface area contributed by atoms with E-state index in [1.54, 1.807) is 20.4 Å². The van der Waals surface area contributed by atoms with Gasteiger partial charge in [-0.3, -0.25) is 4.99 Å². The number of ether oxygens (including phenoxy) is 2. The number of aromatic nitrogens is 2. The van der Waals surface area contributed by atoms with Gasteiger partial charge in [0.05, 0.1) is 19.9 Å². The Morgan fingerprint density at radius 1 is 1.06 bits per heavy atom. The second kappa shape index (κ2) is 10.8. The molecule has 2 aromatic carbocycles. The zero-order chi connectivity index (χ0) is 23.0. The first-order valence-electron chi connectivity index (χ1n) is 11.2. The first kappa shape index (κ1) is 22.5. The number of nitrogens with one attached hydrogen (secondary N) is 2. The number of anilines is 1. The van der Waals surface area contributed by atoms with Crippen LogP contribution >= 0.6 is 0 Å². The Hall–Kier alpha value is -3.68. The van der Waals surface area contributed by atoms with Gasteiger partial charge in [0.1, 0.15) is 11.5 Å². The molecule has 0 saturated carbocycles. The maximum absolute atomic E-state index is 5.42. The van der Waals surface area contributed by atoms with Gasteiger partial charge in [0, 0.05) is 69.0 Å². The van der Waals surface area contributed by atoms with E-state index >= 15 is 0 Å². The summed E-state index contributed by atoms with van der Waals surface area (Å²) in [5.74, 6) is 2.43. The summed E-state index contributed by atoms with van der Waals surface area (Å²) >= 11 is 0. The molecule has 1 aromatic heterocycles. The molecule has 33 heavy (non-hydrogen) atoms. The molecular formula is C25H32N6O2. The van der Waals surface area contributed by atoms with Crippen LogP contribution in [0.15, 0.2) is 65.9 Å². The number of piperidine rings is 1. The molecule has 0 unspecified atom stereocenters. The van der Waals surface area contributed by atoms with Crippen molar-refractivity contribution in [2.24, 2.45) is 4.99 Å². The first-order chi connectivity index (χ1) is 16.2. The van der Waals surface area contributed by atoms with Crippen LogP contribution in [0, 0.1) is 0 Å². The van der Waals surface area contributed by atoms with Crippen LogP contribution in [0.2, 0.25) is 0 Å². The van der Waals surface area contributed by atoms with Crippen molar-refractivity contribution in [1.82, 2.24) is 20.4 Å². The number of hydrogen-bond acceptors (Lipinski definition) is 5. The summed E-state index contributed by atoms with van der Waals surface area (Å²) in [6.07, 6.45) is 5.78. The topological polar surface area (TPSA) is 75.9 Å². The van der Waals surface area contributed by atoms with Crippen LogP contribution in [0.1, 0.15) is 18.4 Å². The molecule has 0 bridgehead atoms. The van der Waals surface area contributed by atoms with E-state index in [4.69, 9.17) is 9.47 Å². The van der Waals surface area contributed by atoms with E-state index in [2.05, 4.69) is 49.9 Å². The lowest BCUT2D eigenvalue weighted by Gasteiger charge is -2.34. The first-order valence-corrected chi connectivity index (χ1v) is 11.2. The molecule has 8 heteroatoms. The van der Waals surface area contributed by atoms with Crippen LogP contribution in [0.3, 0.4) is 0 Å². The minimum atomic E-state index is 0.362. The van der Waals surface area contributed by atoms with Gasteiger partial charge in [0.2, 0.25) is 0 Å². The molecule has 174 valence electrons. The summed E-state index contributed by atoms with van der Waals surface area (Å²) in [5, 5.41) is 11.4. The Kier molecular flexibility index (Phi) is 7.34. The SMILES string of the molecule is CN=C(NCc1ccccc1-n1cccn1)NC1CCN(c2cc(OC)cc(OC)c2)CC1. The molecule has 1 aliphatic heterocycles. The van der Waals surface area contributed by atoms with E-state index in [1.165, 1.54) is 0 Å². The maximum Gasteiger partial charge on any atom is 0.191 e. The number of nitrogens with zero attached hydrogens (tertiary/aromatic N) is 4. The highest BCUT2D eigenvalue weighted by Gasteiger charge is 2.21. The van der Waals surface area contributed by atoms with Gasteiger partial charge >= 0.3 is 0 Å². The van der Waals surface area contributed by atoms with Gasteiger partial charge in [-0.1, -0.05) is 18.2 Å². The van der Waals surface area contributed by atoms with Crippen molar-refractivity contribution in [3.63, 3.8) is 0 Å². The van der Waals surface area contributed by atoms with E-state index in [-0.39, 0.29) is 0 Å². The highest BCUT2D eigenvalue weighted by atomic mass is 16.5. The van der Waals surface area contributed by atoms with Gasteiger partial charge in [-0.25, -0.2) is 4.68 Å². The summed E-state index contributed by atoms with van der Waals surface area (Å²) in [5.41, 5.74) is 3.35. The van der Waals surface area contributed by atoms with Gasteiger partial charge < -0.3 is 25.0 Å². The van der Waals surface area contributed by atoms with Crippen LogP contribution in [-0.2, 0) is 6.54 Å². The molecule has 0 aliphatic carbocycles. The lowest BCUT2D eigenvalue weighted by atomic mass is 10.0. The third-order valence-electron chi connectivity index (χ3n) is 5.95. The molecular weight excluding hydrogens is 416 g/mol. The smallest absolute Gasteiger partial charge is 0.191 e. The lowest BCUT2D eigenvalue weighted by Crippen LogP contribution is -2.48. The summed E-state index contributed by atoms with van der Waals surface area (Å²) in [4.78, 5) is 6.81. The van der Waals surface area contributed by atoms with Crippen molar-refractivity contribution in [2.45, 2.75) is 25.4 Å². The number of benzene rings is 2. The minimum Gasteiger partial charge on any atom is -0.497 e. The third kappa shape index (κ3) is 5.58. The molecule has 0 atom stereocenters. The quantitative estimate of drug-likeness (QED) is 0.427. The van der Waals surface area contributed by atoms with Gasteiger partial charge in [0.15, 0.2) is 5.96 Å². The molecule has 0 radical (unpaired) electrons. The number of methoxy groups -OCH3 is 2. The average Bonchev–Trinajstić information content (AvgIpc) is 3.41. The standard InChI is InChI=1S/C25H32N6O2/c1-26-25(27-18-19-7-4-5-8-24(19)31-12-6-11-28-31)29-20-9-13-30(14-10-20)21-15-22(32-2)17-23(16-21)33-3/h4-8,11-12,15-17,20H,9-10,13-14,18H2,1-3H3,(H2,26,27,29). The van der Waals surface area contributed by atoms with Crippen LogP contribution < -0.4 is 25.0 Å². The zero-order valence-electron chi connectivity index (χ0n) is 19.5. The van der Waals surface area contributed by atoms with Crippen LogP contribution in [0.25, 0.3) is 5.69 Å². The Bertz CT molecular complexity index is 1040. The molecule has 3 aromatic rings. The normalized spacial score (nSPS) is 14.8. The van der Waals surface area contributed by atoms with Gasteiger partial charge in [-0.15, -0.1) is 0 Å². The predicted octanol–water partition coefficient (Wildman–Crippen LogP) is 3.22. The van der Waals surface area contributed by atoms with E-state index in [9.17, 15) is 0 Å². The van der Waals surface area contributed by atoms with Crippen LogP contribution in [-0.4, -0.2) is 56.1 Å². The highest BCUT2D eigenvalue weighted by Crippen LogP contribution is 2.30. The minimum absolute atomic E-state index is 0.362. The van der Waals surface area contributed by atoms with Crippen molar-refractivity contribution in [3.8, 4) is 17.2 Å². The molecule has 1 fully saturated rings. The largest absolute Gasteiger partial charge is 0.497 e. The fourth-order valence-corrected chi connectivity index (χ4v) is 4.12. The number of rotatable bonds is 7. The Balaban J connectivity index is 1.32. The van der Waals surface area contributed by atoms with Crippen LogP contribution in [0.4, 0.5) is 5.69 Å². The summed E-state index contributed by atoms with van der Waals surface area (Å²) < 4.78 is 12.7. The number of aliphatic imine (C=N–C) groups is 1. The number of guanidine groups is 1. The third-order valence-corrected chi connectivity index (χ3v) is 5.95. The Morgan fingerprint density at radius 2 is 1.79 bits per heavy atom. The monoisotopic (exact) mass is 448 g/mol. The predicted molar refractivity (Wildman–Crippen MR) is 132 cm³/mol. The van der Waals surface area contributed by atoms with Crippen LogP contribution in [0.5, 0.6) is 11.5 Å². The Labute approximate surface area is 195 Å². The fourth-order valence-electron chi connectivity index (χ4n) is 4.12. The zero-order valence-corrected chi connectivity index (χ0v) is 19.5. The molecule has 0 spiro atoms. The highest BCUT2D eigenvalue weighted by molar-refractivity contribution is 5.80. The number of hydrogen-bond donors (Lipinski definition) is 2. The van der Waals surface area contributed by atoms with Gasteiger partial charge in [0.25, 0.3) is 0 Å². The van der Waals surface area contributed by atoms with E-state index in [0.29, 0.717) is 12.6 Å². The van der Waals surface area contributed by atoms with Crippen molar-refractivity contribution < 1.29 is 9.47 Å². The Morgan fingerprint density at radius 3 is 2.42 bits per heavy atom. The van der Waals surface area contributed by atoms with Crippen molar-refractivity contribution in [3.05, 3.63) is 66.5 Å². The van der Waals surface area contributed by atoms with Crippen molar-refractivity contribution >= 4 is 11.6 Å². The van der Waals surface area contributed by atoms with E-state index < -0.39 is 0 Å². The lowest BCUT2D eigenvalue weighted by molar-refractivity contribution is 0.393. The fraction of sp³-hybridized carbons (Fsp3) is 0.360. The molecule has 2 N–H and O–H groups in total. The molecule has 2 heterocycles. The average molecular weight is 449 g/mol. The van der Waals surface area contributed by atoms with Crippen molar-refractivity contribution in [1.29, 1.82) is 0 Å². The molecule has 4 rings (SSSR count). The molecule has 1 aliphatic rings. The van der Waals surface area contributed by atoms with Crippen molar-refractivity contribution in [2.75, 3.05) is 39.3 Å². The number of para-hydroxylation sites is 1. The summed E-state index contributed by atoms with van der Waals surface area (Å²) in [6.45, 7) is 2.57. The summed E-state index contributed by atoms with van der Waals surface area (Å²) in [6, 6.07) is 16.6. The van der Waals surface area contributed by atoms with E-state index in [1.807, 2.05) is 42.2 Å². The molecule has 0 amide bonds. The van der Waals surface area contributed by atoms with Gasteiger partial charge in [-0.05, 0) is 30.5 Å².